The summed E-state index contributed by atoms with van der Waals surface area (Å²) in [4.78, 5) is 37.8. The number of carbonyl (C=O) groups is 1. The van der Waals surface area contributed by atoms with E-state index in [1.165, 1.54) is 4.57 Å². The van der Waals surface area contributed by atoms with Crippen molar-refractivity contribution in [2.75, 3.05) is 5.32 Å². The molecule has 4 heterocycles. The number of amides is 1. The molecule has 1 aliphatic heterocycles. The minimum Gasteiger partial charge on any atom is -0.361 e. The molecule has 1 amide bonds. The monoisotopic (exact) mass is 439 g/mol. The van der Waals surface area contributed by atoms with Gasteiger partial charge in [0.05, 0.1) is 12.2 Å². The van der Waals surface area contributed by atoms with E-state index in [0.717, 1.165) is 22.2 Å². The normalized spacial score (nSPS) is 14.6. The first-order valence-electron chi connectivity index (χ1n) is 10.7. The molecule has 0 saturated heterocycles. The predicted molar refractivity (Wildman–Crippen MR) is 122 cm³/mol. The van der Waals surface area contributed by atoms with E-state index in [-0.39, 0.29) is 17.4 Å². The molecule has 0 bridgehead atoms. The Morgan fingerprint density at radius 2 is 2.09 bits per heavy atom. The SMILES string of the molecule is N#Cc1nc(NCc2ccccc2)c(=O)n2c1CC[C@H]2C(=O)NCc1cc2cnccc2[nH]1. The van der Waals surface area contributed by atoms with Crippen LogP contribution in [0.5, 0.6) is 0 Å². The second-order valence-corrected chi connectivity index (χ2v) is 7.91. The average molecular weight is 439 g/mol. The molecule has 4 aromatic rings. The first kappa shape index (κ1) is 20.5. The van der Waals surface area contributed by atoms with E-state index in [2.05, 4.69) is 31.7 Å². The van der Waals surface area contributed by atoms with Crippen LogP contribution in [0.25, 0.3) is 10.9 Å². The third-order valence-corrected chi connectivity index (χ3v) is 5.82. The second-order valence-electron chi connectivity index (χ2n) is 7.91. The van der Waals surface area contributed by atoms with Crippen LogP contribution in [0.15, 0.2) is 59.7 Å². The standard InChI is InChI=1S/C24H21N7O2/c25-11-19-20-6-7-21(23(32)28-14-17-10-16-13-26-9-8-18(16)29-17)31(20)24(33)22(30-19)27-12-15-4-2-1-3-5-15/h1-5,8-10,13,21,29H,6-7,12,14H2,(H,27,30)(H,28,32)/t21-/m0/s1. The van der Waals surface area contributed by atoms with Gasteiger partial charge in [-0.15, -0.1) is 0 Å². The molecule has 3 aromatic heterocycles. The van der Waals surface area contributed by atoms with E-state index >= 15 is 0 Å². The molecule has 0 saturated carbocycles. The molecular formula is C24H21N7O2. The summed E-state index contributed by atoms with van der Waals surface area (Å²) >= 11 is 0. The number of benzene rings is 1. The summed E-state index contributed by atoms with van der Waals surface area (Å²) < 4.78 is 1.42. The molecule has 0 fully saturated rings. The van der Waals surface area contributed by atoms with Gasteiger partial charge in [-0.2, -0.15) is 5.26 Å². The van der Waals surface area contributed by atoms with Crippen LogP contribution >= 0.6 is 0 Å². The maximum atomic E-state index is 13.2. The number of aromatic amines is 1. The zero-order valence-corrected chi connectivity index (χ0v) is 17.7. The molecule has 164 valence electrons. The molecule has 1 aromatic carbocycles. The average Bonchev–Trinajstić information content (AvgIpc) is 3.47. The van der Waals surface area contributed by atoms with Gasteiger partial charge in [-0.1, -0.05) is 30.3 Å². The van der Waals surface area contributed by atoms with Gasteiger partial charge in [0.1, 0.15) is 12.1 Å². The molecule has 0 aliphatic carbocycles. The maximum absolute atomic E-state index is 13.2. The summed E-state index contributed by atoms with van der Waals surface area (Å²) in [5.74, 6) is -0.196. The van der Waals surface area contributed by atoms with Crippen LogP contribution in [0.4, 0.5) is 5.82 Å². The quantitative estimate of drug-likeness (QED) is 0.423. The van der Waals surface area contributed by atoms with Crippen molar-refractivity contribution < 1.29 is 4.79 Å². The van der Waals surface area contributed by atoms with Crippen LogP contribution in [0.1, 0.15) is 35.1 Å². The molecule has 3 N–H and O–H groups in total. The number of pyridine rings is 1. The fourth-order valence-corrected chi connectivity index (χ4v) is 4.21. The number of nitrogens with one attached hydrogen (secondary N) is 3. The van der Waals surface area contributed by atoms with Crippen molar-refractivity contribution >= 4 is 22.6 Å². The minimum atomic E-state index is -0.689. The number of fused-ring (bicyclic) bond motifs is 2. The Morgan fingerprint density at radius 1 is 1.24 bits per heavy atom. The lowest BCUT2D eigenvalue weighted by Gasteiger charge is -2.16. The smallest absolute Gasteiger partial charge is 0.294 e. The Labute approximate surface area is 189 Å². The zero-order chi connectivity index (χ0) is 22.8. The highest BCUT2D eigenvalue weighted by Crippen LogP contribution is 2.26. The van der Waals surface area contributed by atoms with E-state index in [1.807, 2.05) is 42.5 Å². The van der Waals surface area contributed by atoms with Crippen LogP contribution in [-0.4, -0.2) is 25.4 Å². The van der Waals surface area contributed by atoms with Gasteiger partial charge in [-0.3, -0.25) is 19.1 Å². The van der Waals surface area contributed by atoms with Crippen LogP contribution in [0.2, 0.25) is 0 Å². The predicted octanol–water partition coefficient (Wildman–Crippen LogP) is 2.41. The molecule has 0 radical (unpaired) electrons. The third kappa shape index (κ3) is 3.94. The summed E-state index contributed by atoms with van der Waals surface area (Å²) in [5, 5.41) is 16.5. The summed E-state index contributed by atoms with van der Waals surface area (Å²) in [7, 11) is 0. The van der Waals surface area contributed by atoms with Gasteiger partial charge in [-0.05, 0) is 30.5 Å². The Morgan fingerprint density at radius 3 is 2.88 bits per heavy atom. The zero-order valence-electron chi connectivity index (χ0n) is 17.7. The van der Waals surface area contributed by atoms with Crippen molar-refractivity contribution in [1.82, 2.24) is 24.8 Å². The van der Waals surface area contributed by atoms with Gasteiger partial charge >= 0.3 is 0 Å². The molecule has 9 heteroatoms. The number of carbonyl (C=O) groups excluding carboxylic acids is 1. The number of nitrogens with zero attached hydrogens (tertiary/aromatic N) is 4. The van der Waals surface area contributed by atoms with Gasteiger partial charge < -0.3 is 15.6 Å². The van der Waals surface area contributed by atoms with E-state index in [1.54, 1.807) is 12.4 Å². The number of anilines is 1. The number of H-pyrrole nitrogens is 1. The van der Waals surface area contributed by atoms with Crippen molar-refractivity contribution in [2.24, 2.45) is 0 Å². The van der Waals surface area contributed by atoms with Gasteiger partial charge in [0, 0.05) is 35.5 Å². The largest absolute Gasteiger partial charge is 0.361 e. The number of hydrogen-bond donors (Lipinski definition) is 3. The van der Waals surface area contributed by atoms with Crippen LogP contribution in [-0.2, 0) is 24.3 Å². The molecule has 0 spiro atoms. The van der Waals surface area contributed by atoms with Crippen molar-refractivity contribution in [3.8, 4) is 6.07 Å². The first-order chi connectivity index (χ1) is 16.1. The van der Waals surface area contributed by atoms with Crippen molar-refractivity contribution in [2.45, 2.75) is 32.0 Å². The van der Waals surface area contributed by atoms with E-state index < -0.39 is 11.6 Å². The van der Waals surface area contributed by atoms with Gasteiger partial charge in [0.25, 0.3) is 5.56 Å². The maximum Gasteiger partial charge on any atom is 0.294 e. The molecule has 33 heavy (non-hydrogen) atoms. The minimum absolute atomic E-state index is 0.0713. The third-order valence-electron chi connectivity index (χ3n) is 5.82. The van der Waals surface area contributed by atoms with Gasteiger partial charge in [0.15, 0.2) is 11.5 Å². The van der Waals surface area contributed by atoms with Gasteiger partial charge in [0.2, 0.25) is 5.91 Å². The Bertz CT molecular complexity index is 1400. The second kappa shape index (κ2) is 8.59. The fourth-order valence-electron chi connectivity index (χ4n) is 4.21. The molecule has 5 rings (SSSR count). The first-order valence-corrected chi connectivity index (χ1v) is 10.7. The van der Waals surface area contributed by atoms with Crippen molar-refractivity contribution in [1.29, 1.82) is 5.26 Å². The lowest BCUT2D eigenvalue weighted by Crippen LogP contribution is -2.37. The number of hydrogen-bond acceptors (Lipinski definition) is 6. The summed E-state index contributed by atoms with van der Waals surface area (Å²) in [5.41, 5.74) is 3.04. The number of rotatable bonds is 6. The molecular weight excluding hydrogens is 418 g/mol. The van der Waals surface area contributed by atoms with E-state index in [0.29, 0.717) is 31.6 Å². The summed E-state index contributed by atoms with van der Waals surface area (Å²) in [6.45, 7) is 0.683. The Balaban J connectivity index is 1.37. The molecule has 1 aliphatic rings. The molecule has 9 nitrogen and oxygen atoms in total. The Kier molecular flexibility index (Phi) is 5.32. The summed E-state index contributed by atoms with van der Waals surface area (Å²) in [6, 6.07) is 14.8. The van der Waals surface area contributed by atoms with Gasteiger partial charge in [-0.25, -0.2) is 4.98 Å². The molecule has 0 unspecified atom stereocenters. The van der Waals surface area contributed by atoms with Crippen LogP contribution in [0.3, 0.4) is 0 Å². The van der Waals surface area contributed by atoms with Crippen molar-refractivity contribution in [3.05, 3.63) is 87.9 Å². The summed E-state index contributed by atoms with van der Waals surface area (Å²) in [6.07, 6.45) is 4.34. The lowest BCUT2D eigenvalue weighted by atomic mass is 10.2. The highest BCUT2D eigenvalue weighted by atomic mass is 16.2. The van der Waals surface area contributed by atoms with E-state index in [9.17, 15) is 14.9 Å². The Hall–Kier alpha value is -4.45. The van der Waals surface area contributed by atoms with Crippen molar-refractivity contribution in [3.63, 3.8) is 0 Å². The lowest BCUT2D eigenvalue weighted by molar-refractivity contribution is -0.124. The highest BCUT2D eigenvalue weighted by Gasteiger charge is 2.33. The van der Waals surface area contributed by atoms with E-state index in [4.69, 9.17) is 0 Å². The van der Waals surface area contributed by atoms with Crippen LogP contribution < -0.4 is 16.2 Å². The number of nitriles is 1. The fraction of sp³-hybridized carbons (Fsp3) is 0.208. The topological polar surface area (TPSA) is 128 Å². The highest BCUT2D eigenvalue weighted by molar-refractivity contribution is 5.82. The van der Waals surface area contributed by atoms with Crippen LogP contribution in [0, 0.1) is 11.3 Å². The molecule has 1 atom stereocenters. The number of aromatic nitrogens is 4.